The summed E-state index contributed by atoms with van der Waals surface area (Å²) in [6.07, 6.45) is 6.08. The second-order valence-corrected chi connectivity index (χ2v) is 3.44. The number of hydrogen-bond acceptors (Lipinski definition) is 1. The third-order valence-electron chi connectivity index (χ3n) is 2.16. The van der Waals surface area contributed by atoms with Crippen molar-refractivity contribution in [2.45, 2.75) is 51.7 Å². The number of rotatable bonds is 5. The summed E-state index contributed by atoms with van der Waals surface area (Å²) in [6, 6.07) is 0. The van der Waals surface area contributed by atoms with Gasteiger partial charge in [-0.15, -0.1) is 0 Å². The zero-order chi connectivity index (χ0) is 8.27. The van der Waals surface area contributed by atoms with E-state index in [1.54, 1.807) is 0 Å². The van der Waals surface area contributed by atoms with Crippen LogP contribution in [-0.4, -0.2) is 12.2 Å². The molecule has 1 aliphatic heterocycles. The van der Waals surface area contributed by atoms with Crippen LogP contribution in [0.3, 0.4) is 0 Å². The molecule has 64 valence electrons. The van der Waals surface area contributed by atoms with Crippen LogP contribution in [0.5, 0.6) is 0 Å². The SMILES string of the molecule is C=C(C)[C@@H]1O[C@H]1CCCCC. The van der Waals surface area contributed by atoms with E-state index in [0.717, 1.165) is 0 Å². The lowest BCUT2D eigenvalue weighted by atomic mass is 10.1. The van der Waals surface area contributed by atoms with E-state index in [0.29, 0.717) is 12.2 Å². The quantitative estimate of drug-likeness (QED) is 0.337. The molecular weight excluding hydrogens is 136 g/mol. The number of unbranched alkanes of at least 4 members (excludes halogenated alkanes) is 2. The molecule has 0 aromatic heterocycles. The van der Waals surface area contributed by atoms with Crippen LogP contribution in [-0.2, 0) is 4.74 Å². The molecule has 0 aromatic rings. The zero-order valence-corrected chi connectivity index (χ0v) is 7.60. The summed E-state index contributed by atoms with van der Waals surface area (Å²) in [4.78, 5) is 0. The average Bonchev–Trinajstić information content (AvgIpc) is 2.68. The van der Waals surface area contributed by atoms with E-state index >= 15 is 0 Å². The molecule has 1 heteroatoms. The van der Waals surface area contributed by atoms with Crippen LogP contribution in [0.25, 0.3) is 0 Å². The highest BCUT2D eigenvalue weighted by Gasteiger charge is 2.38. The van der Waals surface area contributed by atoms with Crippen molar-refractivity contribution in [3.63, 3.8) is 0 Å². The van der Waals surface area contributed by atoms with Crippen molar-refractivity contribution in [1.29, 1.82) is 0 Å². The lowest BCUT2D eigenvalue weighted by Gasteiger charge is -1.93. The van der Waals surface area contributed by atoms with Gasteiger partial charge in [-0.05, 0) is 18.9 Å². The minimum atomic E-state index is 0.395. The summed E-state index contributed by atoms with van der Waals surface area (Å²) in [5.41, 5.74) is 1.19. The van der Waals surface area contributed by atoms with Crippen LogP contribution in [0.2, 0.25) is 0 Å². The number of hydrogen-bond donors (Lipinski definition) is 0. The van der Waals surface area contributed by atoms with Gasteiger partial charge in [-0.3, -0.25) is 0 Å². The number of epoxide rings is 1. The van der Waals surface area contributed by atoms with E-state index in [9.17, 15) is 0 Å². The summed E-state index contributed by atoms with van der Waals surface area (Å²) >= 11 is 0. The third-order valence-corrected chi connectivity index (χ3v) is 2.16. The molecule has 1 saturated heterocycles. The fourth-order valence-electron chi connectivity index (χ4n) is 1.39. The Labute approximate surface area is 69.4 Å². The first-order chi connectivity index (χ1) is 5.25. The molecule has 0 saturated carbocycles. The summed E-state index contributed by atoms with van der Waals surface area (Å²) in [7, 11) is 0. The third kappa shape index (κ3) is 2.66. The molecule has 0 N–H and O–H groups in total. The van der Waals surface area contributed by atoms with Crippen molar-refractivity contribution in [3.05, 3.63) is 12.2 Å². The van der Waals surface area contributed by atoms with E-state index in [1.165, 1.54) is 31.3 Å². The van der Waals surface area contributed by atoms with Gasteiger partial charge < -0.3 is 4.74 Å². The van der Waals surface area contributed by atoms with E-state index in [-0.39, 0.29) is 0 Å². The Kier molecular flexibility index (Phi) is 3.13. The lowest BCUT2D eigenvalue weighted by molar-refractivity contribution is 0.370. The van der Waals surface area contributed by atoms with Gasteiger partial charge in [0.2, 0.25) is 0 Å². The van der Waals surface area contributed by atoms with E-state index < -0.39 is 0 Å². The Morgan fingerprint density at radius 2 is 2.18 bits per heavy atom. The van der Waals surface area contributed by atoms with Gasteiger partial charge in [0, 0.05) is 0 Å². The van der Waals surface area contributed by atoms with Gasteiger partial charge >= 0.3 is 0 Å². The number of ether oxygens (including phenoxy) is 1. The largest absolute Gasteiger partial charge is 0.365 e. The van der Waals surface area contributed by atoms with Gasteiger partial charge in [0.05, 0.1) is 6.10 Å². The first kappa shape index (κ1) is 8.79. The highest BCUT2D eigenvalue weighted by Crippen LogP contribution is 2.31. The summed E-state index contributed by atoms with van der Waals surface area (Å²) in [6.45, 7) is 8.14. The summed E-state index contributed by atoms with van der Waals surface area (Å²) in [5.74, 6) is 0. The molecule has 1 aliphatic rings. The molecule has 2 atom stereocenters. The molecule has 11 heavy (non-hydrogen) atoms. The van der Waals surface area contributed by atoms with Crippen LogP contribution < -0.4 is 0 Å². The maximum Gasteiger partial charge on any atom is 0.105 e. The standard InChI is InChI=1S/C10H18O/c1-4-5-6-7-9-10(11-9)8(2)3/h9-10H,2,4-7H2,1,3H3/t9-,10-/m0/s1. The molecule has 0 amide bonds. The molecule has 0 bridgehead atoms. The first-order valence-corrected chi connectivity index (χ1v) is 4.56. The average molecular weight is 154 g/mol. The first-order valence-electron chi connectivity index (χ1n) is 4.56. The minimum Gasteiger partial charge on any atom is -0.365 e. The molecule has 1 nitrogen and oxygen atoms in total. The van der Waals surface area contributed by atoms with Crippen molar-refractivity contribution in [2.75, 3.05) is 0 Å². The van der Waals surface area contributed by atoms with E-state index in [2.05, 4.69) is 13.5 Å². The Morgan fingerprint density at radius 1 is 1.45 bits per heavy atom. The van der Waals surface area contributed by atoms with Gasteiger partial charge in [0.1, 0.15) is 6.10 Å². The molecule has 0 aliphatic carbocycles. The van der Waals surface area contributed by atoms with Crippen molar-refractivity contribution in [3.8, 4) is 0 Å². The monoisotopic (exact) mass is 154 g/mol. The lowest BCUT2D eigenvalue weighted by Crippen LogP contribution is -1.94. The van der Waals surface area contributed by atoms with Gasteiger partial charge in [0.15, 0.2) is 0 Å². The van der Waals surface area contributed by atoms with Crippen LogP contribution in [0.4, 0.5) is 0 Å². The second kappa shape index (κ2) is 3.91. The van der Waals surface area contributed by atoms with Crippen LogP contribution in [0.1, 0.15) is 39.5 Å². The van der Waals surface area contributed by atoms with Crippen molar-refractivity contribution < 1.29 is 4.74 Å². The topological polar surface area (TPSA) is 12.5 Å². The summed E-state index contributed by atoms with van der Waals surface area (Å²) in [5, 5.41) is 0. The zero-order valence-electron chi connectivity index (χ0n) is 7.60. The Bertz CT molecular complexity index is 140. The Hall–Kier alpha value is -0.300. The molecule has 0 unspecified atom stereocenters. The van der Waals surface area contributed by atoms with Crippen molar-refractivity contribution in [1.82, 2.24) is 0 Å². The van der Waals surface area contributed by atoms with Gasteiger partial charge in [-0.25, -0.2) is 0 Å². The molecule has 0 aromatic carbocycles. The van der Waals surface area contributed by atoms with Crippen LogP contribution >= 0.6 is 0 Å². The highest BCUT2D eigenvalue weighted by atomic mass is 16.6. The molecule has 0 spiro atoms. The van der Waals surface area contributed by atoms with Crippen LogP contribution in [0.15, 0.2) is 12.2 Å². The van der Waals surface area contributed by atoms with Crippen molar-refractivity contribution >= 4 is 0 Å². The normalized spacial score (nSPS) is 28.5. The van der Waals surface area contributed by atoms with Gasteiger partial charge in [-0.2, -0.15) is 0 Å². The van der Waals surface area contributed by atoms with Gasteiger partial charge in [-0.1, -0.05) is 32.8 Å². The molecule has 1 heterocycles. The second-order valence-electron chi connectivity index (χ2n) is 3.44. The highest BCUT2D eigenvalue weighted by molar-refractivity contribution is 5.09. The van der Waals surface area contributed by atoms with Crippen LogP contribution in [0, 0.1) is 0 Å². The Balaban J connectivity index is 2.00. The predicted molar refractivity (Wildman–Crippen MR) is 47.6 cm³/mol. The smallest absolute Gasteiger partial charge is 0.105 e. The summed E-state index contributed by atoms with van der Waals surface area (Å²) < 4.78 is 5.43. The molecular formula is C10H18O. The maximum atomic E-state index is 5.43. The molecule has 1 rings (SSSR count). The van der Waals surface area contributed by atoms with E-state index in [1.807, 2.05) is 6.92 Å². The minimum absolute atomic E-state index is 0.395. The Morgan fingerprint density at radius 3 is 2.64 bits per heavy atom. The van der Waals surface area contributed by atoms with E-state index in [4.69, 9.17) is 4.74 Å². The fraction of sp³-hybridized carbons (Fsp3) is 0.800. The molecule has 0 radical (unpaired) electrons. The predicted octanol–water partition coefficient (Wildman–Crippen LogP) is 2.91. The molecule has 1 fully saturated rings. The fourth-order valence-corrected chi connectivity index (χ4v) is 1.39. The maximum absolute atomic E-state index is 5.43. The van der Waals surface area contributed by atoms with Crippen molar-refractivity contribution in [2.24, 2.45) is 0 Å². The van der Waals surface area contributed by atoms with Gasteiger partial charge in [0.25, 0.3) is 0 Å².